The standard InChI is InChI=1S/C14H25N3O3/c1-4-14(5-2,18-6-3)13-16-12(20-17-13)11-8-7-10(9-15)19-11/h10-11H,4-9,15H2,1-3H3. The Bertz CT molecular complexity index is 418. The molecule has 0 saturated carbocycles. The second kappa shape index (κ2) is 6.65. The predicted molar refractivity (Wildman–Crippen MR) is 74.1 cm³/mol. The Morgan fingerprint density at radius 3 is 2.60 bits per heavy atom. The van der Waals surface area contributed by atoms with Gasteiger partial charge in [-0.15, -0.1) is 0 Å². The molecule has 2 unspecified atom stereocenters. The first-order valence-corrected chi connectivity index (χ1v) is 7.52. The van der Waals surface area contributed by atoms with Crippen LogP contribution in [0.4, 0.5) is 0 Å². The molecule has 2 heterocycles. The predicted octanol–water partition coefficient (Wildman–Crippen LogP) is 2.30. The van der Waals surface area contributed by atoms with Gasteiger partial charge in [0.15, 0.2) is 0 Å². The minimum atomic E-state index is -0.456. The fourth-order valence-electron chi connectivity index (χ4n) is 2.72. The maximum atomic E-state index is 5.89. The molecular weight excluding hydrogens is 258 g/mol. The van der Waals surface area contributed by atoms with Gasteiger partial charge >= 0.3 is 0 Å². The third-order valence-electron chi connectivity index (χ3n) is 4.06. The van der Waals surface area contributed by atoms with Gasteiger partial charge in [0, 0.05) is 13.2 Å². The number of hydrogen-bond donors (Lipinski definition) is 1. The van der Waals surface area contributed by atoms with E-state index in [4.69, 9.17) is 19.7 Å². The third kappa shape index (κ3) is 2.87. The average Bonchev–Trinajstić information content (AvgIpc) is 3.13. The average molecular weight is 283 g/mol. The molecule has 1 fully saturated rings. The highest BCUT2D eigenvalue weighted by Crippen LogP contribution is 2.35. The monoisotopic (exact) mass is 283 g/mol. The number of ether oxygens (including phenoxy) is 2. The van der Waals surface area contributed by atoms with Gasteiger partial charge in [-0.25, -0.2) is 0 Å². The van der Waals surface area contributed by atoms with Crippen LogP contribution < -0.4 is 5.73 Å². The summed E-state index contributed by atoms with van der Waals surface area (Å²) in [4.78, 5) is 4.53. The van der Waals surface area contributed by atoms with Gasteiger partial charge in [-0.1, -0.05) is 19.0 Å². The van der Waals surface area contributed by atoms with Crippen LogP contribution in [-0.4, -0.2) is 29.4 Å². The normalized spacial score (nSPS) is 23.4. The second-order valence-electron chi connectivity index (χ2n) is 5.15. The van der Waals surface area contributed by atoms with Crippen LogP contribution in [-0.2, 0) is 15.1 Å². The van der Waals surface area contributed by atoms with Crippen LogP contribution in [0.2, 0.25) is 0 Å². The molecule has 0 bridgehead atoms. The van der Waals surface area contributed by atoms with E-state index in [2.05, 4.69) is 24.0 Å². The van der Waals surface area contributed by atoms with Gasteiger partial charge in [-0.05, 0) is 32.6 Å². The van der Waals surface area contributed by atoms with Crippen molar-refractivity contribution in [2.45, 2.75) is 64.3 Å². The Morgan fingerprint density at radius 1 is 1.30 bits per heavy atom. The molecule has 2 N–H and O–H groups in total. The molecule has 0 spiro atoms. The molecule has 2 rings (SSSR count). The van der Waals surface area contributed by atoms with E-state index in [-0.39, 0.29) is 12.2 Å². The lowest BCUT2D eigenvalue weighted by Gasteiger charge is -2.27. The van der Waals surface area contributed by atoms with Gasteiger partial charge in [0.05, 0.1) is 6.10 Å². The van der Waals surface area contributed by atoms with Crippen LogP contribution in [0.1, 0.15) is 64.3 Å². The van der Waals surface area contributed by atoms with Crippen molar-refractivity contribution in [3.05, 3.63) is 11.7 Å². The molecule has 0 radical (unpaired) electrons. The lowest BCUT2D eigenvalue weighted by molar-refractivity contribution is -0.0583. The Morgan fingerprint density at radius 2 is 2.05 bits per heavy atom. The van der Waals surface area contributed by atoms with Gasteiger partial charge in [-0.2, -0.15) is 4.98 Å². The number of aromatic nitrogens is 2. The van der Waals surface area contributed by atoms with E-state index in [1.165, 1.54) is 0 Å². The smallest absolute Gasteiger partial charge is 0.255 e. The minimum absolute atomic E-state index is 0.101. The fourth-order valence-corrected chi connectivity index (χ4v) is 2.72. The van der Waals surface area contributed by atoms with Crippen molar-refractivity contribution < 1.29 is 14.0 Å². The molecule has 2 atom stereocenters. The van der Waals surface area contributed by atoms with E-state index in [9.17, 15) is 0 Å². The van der Waals surface area contributed by atoms with Crippen molar-refractivity contribution in [3.8, 4) is 0 Å². The van der Waals surface area contributed by atoms with E-state index >= 15 is 0 Å². The molecule has 1 aliphatic rings. The van der Waals surface area contributed by atoms with E-state index in [0.717, 1.165) is 25.7 Å². The number of hydrogen-bond acceptors (Lipinski definition) is 6. The fraction of sp³-hybridized carbons (Fsp3) is 0.857. The SMILES string of the molecule is CCOC(CC)(CC)c1noc(C2CCC(CN)O2)n1. The van der Waals surface area contributed by atoms with Crippen LogP contribution in [0.15, 0.2) is 4.52 Å². The van der Waals surface area contributed by atoms with Gasteiger partial charge in [0.2, 0.25) is 5.82 Å². The first-order valence-electron chi connectivity index (χ1n) is 7.52. The maximum absolute atomic E-state index is 5.89. The molecule has 1 saturated heterocycles. The lowest BCUT2D eigenvalue weighted by atomic mass is 9.96. The van der Waals surface area contributed by atoms with Crippen molar-refractivity contribution >= 4 is 0 Å². The van der Waals surface area contributed by atoms with E-state index in [1.807, 2.05) is 6.92 Å². The molecule has 20 heavy (non-hydrogen) atoms. The first kappa shape index (κ1) is 15.4. The summed E-state index contributed by atoms with van der Waals surface area (Å²) in [6.45, 7) is 7.29. The zero-order valence-corrected chi connectivity index (χ0v) is 12.6. The zero-order valence-electron chi connectivity index (χ0n) is 12.6. The van der Waals surface area contributed by atoms with Crippen molar-refractivity contribution in [1.82, 2.24) is 10.1 Å². The molecular formula is C14H25N3O3. The van der Waals surface area contributed by atoms with Crippen LogP contribution in [0, 0.1) is 0 Å². The Labute approximate surface area is 120 Å². The Balaban J connectivity index is 2.15. The highest BCUT2D eigenvalue weighted by atomic mass is 16.5. The van der Waals surface area contributed by atoms with Crippen LogP contribution in [0.3, 0.4) is 0 Å². The van der Waals surface area contributed by atoms with Gasteiger partial charge in [-0.3, -0.25) is 0 Å². The quantitative estimate of drug-likeness (QED) is 0.826. The summed E-state index contributed by atoms with van der Waals surface area (Å²) in [6.07, 6.45) is 3.42. The van der Waals surface area contributed by atoms with Crippen molar-refractivity contribution in [3.63, 3.8) is 0 Å². The van der Waals surface area contributed by atoms with E-state index < -0.39 is 5.60 Å². The molecule has 1 aromatic rings. The number of nitrogens with two attached hydrogens (primary N) is 1. The van der Waals surface area contributed by atoms with Crippen LogP contribution >= 0.6 is 0 Å². The Hall–Kier alpha value is -0.980. The van der Waals surface area contributed by atoms with Gasteiger partial charge in [0.25, 0.3) is 5.89 Å². The first-order chi connectivity index (χ1) is 9.69. The van der Waals surface area contributed by atoms with E-state index in [0.29, 0.717) is 24.9 Å². The highest BCUT2D eigenvalue weighted by Gasteiger charge is 2.37. The highest BCUT2D eigenvalue weighted by molar-refractivity contribution is 5.03. The summed E-state index contributed by atoms with van der Waals surface area (Å²) in [6, 6.07) is 0. The molecule has 6 heteroatoms. The van der Waals surface area contributed by atoms with Crippen LogP contribution in [0.25, 0.3) is 0 Å². The molecule has 0 aromatic carbocycles. The molecule has 114 valence electrons. The summed E-state index contributed by atoms with van der Waals surface area (Å²) in [7, 11) is 0. The largest absolute Gasteiger partial charge is 0.367 e. The Kier molecular flexibility index (Phi) is 5.12. The van der Waals surface area contributed by atoms with E-state index in [1.54, 1.807) is 0 Å². The molecule has 1 aliphatic heterocycles. The maximum Gasteiger partial charge on any atom is 0.255 e. The minimum Gasteiger partial charge on any atom is -0.367 e. The zero-order chi connectivity index (χ0) is 14.6. The number of rotatable bonds is 7. The summed E-state index contributed by atoms with van der Waals surface area (Å²) in [5.74, 6) is 1.17. The van der Waals surface area contributed by atoms with Crippen molar-refractivity contribution in [2.75, 3.05) is 13.2 Å². The summed E-state index contributed by atoms with van der Waals surface area (Å²) in [5.41, 5.74) is 5.16. The second-order valence-corrected chi connectivity index (χ2v) is 5.15. The topological polar surface area (TPSA) is 83.4 Å². The van der Waals surface area contributed by atoms with Gasteiger partial charge in [0.1, 0.15) is 11.7 Å². The van der Waals surface area contributed by atoms with Crippen molar-refractivity contribution in [1.29, 1.82) is 0 Å². The summed E-state index contributed by atoms with van der Waals surface area (Å²) in [5, 5.41) is 4.12. The molecule has 0 aliphatic carbocycles. The van der Waals surface area contributed by atoms with Gasteiger partial charge < -0.3 is 19.7 Å². The summed E-state index contributed by atoms with van der Waals surface area (Å²) < 4.78 is 17.1. The van der Waals surface area contributed by atoms with Crippen molar-refractivity contribution in [2.24, 2.45) is 5.73 Å². The molecule has 6 nitrogen and oxygen atoms in total. The van der Waals surface area contributed by atoms with Crippen LogP contribution in [0.5, 0.6) is 0 Å². The lowest BCUT2D eigenvalue weighted by Crippen LogP contribution is -2.29. The summed E-state index contributed by atoms with van der Waals surface area (Å²) >= 11 is 0. The number of nitrogens with zero attached hydrogens (tertiary/aromatic N) is 2. The third-order valence-corrected chi connectivity index (χ3v) is 4.06. The molecule has 0 amide bonds. The molecule has 1 aromatic heterocycles.